The average Bonchev–Trinajstić information content (AvgIpc) is 2.14. The van der Waals surface area contributed by atoms with E-state index in [4.69, 9.17) is 22.3 Å². The maximum absolute atomic E-state index is 12.6. The lowest BCUT2D eigenvalue weighted by molar-refractivity contribution is 0.146. The molecule has 0 aliphatic heterocycles. The molecule has 0 atom stereocenters. The van der Waals surface area contributed by atoms with Gasteiger partial charge in [-0.3, -0.25) is 0 Å². The molecule has 0 bridgehead atoms. The minimum Gasteiger partial charge on any atom is -0.493 e. The van der Waals surface area contributed by atoms with E-state index < -0.39 is 36.8 Å². The molecule has 0 amide bonds. The van der Waals surface area contributed by atoms with Gasteiger partial charge in [0.25, 0.3) is 15.5 Å². The molecule has 0 aliphatic rings. The number of rotatable bonds is 3. The number of methoxy groups -OCH3 is 1. The summed E-state index contributed by atoms with van der Waals surface area (Å²) in [6.07, 6.45) is -2.22. The topological polar surface area (TPSA) is 56.3 Å². The molecule has 90 valence electrons. The van der Waals surface area contributed by atoms with E-state index in [1.54, 1.807) is 0 Å². The molecule has 0 aromatic carbocycles. The van der Waals surface area contributed by atoms with Crippen LogP contribution in [-0.4, -0.2) is 20.5 Å². The number of alkyl halides is 2. The molecule has 1 heterocycles. The Morgan fingerprint density at radius 1 is 1.50 bits per heavy atom. The minimum absolute atomic E-state index is 0.393. The van der Waals surface area contributed by atoms with Crippen molar-refractivity contribution in [2.75, 3.05) is 7.11 Å². The van der Waals surface area contributed by atoms with Gasteiger partial charge in [0.15, 0.2) is 5.75 Å². The number of pyridine rings is 1. The van der Waals surface area contributed by atoms with Crippen LogP contribution >= 0.6 is 22.3 Å². The Morgan fingerprint density at radius 3 is 2.44 bits per heavy atom. The summed E-state index contributed by atoms with van der Waals surface area (Å²) in [5.74, 6) is -0.641. The van der Waals surface area contributed by atoms with Gasteiger partial charge in [0.1, 0.15) is 0 Å². The van der Waals surface area contributed by atoms with E-state index in [1.807, 2.05) is 0 Å². The van der Waals surface area contributed by atoms with Gasteiger partial charge >= 0.3 is 0 Å². The van der Waals surface area contributed by atoms with Crippen molar-refractivity contribution >= 4 is 31.3 Å². The fraction of sp³-hybridized carbons (Fsp3) is 0.286. The highest BCUT2D eigenvalue weighted by atomic mass is 35.7. The summed E-state index contributed by atoms with van der Waals surface area (Å²) in [5.41, 5.74) is -0.751. The van der Waals surface area contributed by atoms with E-state index >= 15 is 0 Å². The van der Waals surface area contributed by atoms with Crippen molar-refractivity contribution in [3.05, 3.63) is 16.8 Å². The minimum atomic E-state index is -4.27. The zero-order chi connectivity index (χ0) is 12.5. The molecule has 0 aliphatic carbocycles. The van der Waals surface area contributed by atoms with E-state index in [0.29, 0.717) is 0 Å². The predicted octanol–water partition coefficient (Wildman–Crippen LogP) is 2.61. The van der Waals surface area contributed by atoms with E-state index in [9.17, 15) is 17.2 Å². The van der Waals surface area contributed by atoms with Gasteiger partial charge in [-0.15, -0.1) is 0 Å². The van der Waals surface area contributed by atoms with Crippen molar-refractivity contribution in [1.29, 1.82) is 0 Å². The highest BCUT2D eigenvalue weighted by Crippen LogP contribution is 2.38. The van der Waals surface area contributed by atoms with Crippen molar-refractivity contribution in [2.45, 2.75) is 11.5 Å². The summed E-state index contributed by atoms with van der Waals surface area (Å²) in [5, 5.41) is -1.17. The Morgan fingerprint density at radius 2 is 2.06 bits per heavy atom. The van der Waals surface area contributed by atoms with Crippen molar-refractivity contribution < 1.29 is 21.9 Å². The first-order chi connectivity index (χ1) is 7.29. The van der Waals surface area contributed by atoms with Crippen LogP contribution in [-0.2, 0) is 9.05 Å². The summed E-state index contributed by atoms with van der Waals surface area (Å²) in [7, 11) is 1.76. The normalized spacial score (nSPS) is 11.9. The molecule has 0 N–H and O–H groups in total. The third-order valence-electron chi connectivity index (χ3n) is 1.64. The molecule has 0 saturated heterocycles. The van der Waals surface area contributed by atoms with Crippen molar-refractivity contribution in [1.82, 2.24) is 4.98 Å². The number of hydrogen-bond acceptors (Lipinski definition) is 4. The Kier molecular flexibility index (Phi) is 3.92. The Bertz CT molecular complexity index is 507. The van der Waals surface area contributed by atoms with E-state index in [-0.39, 0.29) is 0 Å². The summed E-state index contributed by atoms with van der Waals surface area (Å²) in [6.45, 7) is 0. The van der Waals surface area contributed by atoms with Crippen LogP contribution < -0.4 is 4.74 Å². The summed E-state index contributed by atoms with van der Waals surface area (Å²) < 4.78 is 51.8. The molecule has 9 heteroatoms. The smallest absolute Gasteiger partial charge is 0.282 e. The van der Waals surface area contributed by atoms with Gasteiger partial charge in [0, 0.05) is 16.9 Å². The largest absolute Gasteiger partial charge is 0.493 e. The Balaban J connectivity index is 3.62. The molecular weight excluding hydrogens is 287 g/mol. The van der Waals surface area contributed by atoms with Crippen LogP contribution in [0.5, 0.6) is 5.75 Å². The van der Waals surface area contributed by atoms with Crippen LogP contribution in [0.2, 0.25) is 5.02 Å². The highest BCUT2D eigenvalue weighted by Gasteiger charge is 2.27. The molecule has 0 unspecified atom stereocenters. The Hall–Kier alpha value is -0.660. The van der Waals surface area contributed by atoms with Crippen LogP contribution in [0.25, 0.3) is 0 Å². The molecule has 4 nitrogen and oxygen atoms in total. The van der Waals surface area contributed by atoms with Gasteiger partial charge in [-0.1, -0.05) is 11.6 Å². The monoisotopic (exact) mass is 291 g/mol. The molecule has 0 radical (unpaired) electrons. The molecule has 0 fully saturated rings. The van der Waals surface area contributed by atoms with Crippen molar-refractivity contribution in [2.24, 2.45) is 0 Å². The second-order valence-electron chi connectivity index (χ2n) is 2.60. The quantitative estimate of drug-likeness (QED) is 0.803. The molecular formula is C7H5Cl2F2NO3S. The summed E-state index contributed by atoms with van der Waals surface area (Å²) in [6, 6.07) is 0. The first-order valence-corrected chi connectivity index (χ1v) is 6.43. The van der Waals surface area contributed by atoms with Crippen molar-refractivity contribution in [3.63, 3.8) is 0 Å². The molecule has 1 aromatic rings. The van der Waals surface area contributed by atoms with Gasteiger partial charge in [0.2, 0.25) is 5.03 Å². The lowest BCUT2D eigenvalue weighted by atomic mass is 10.2. The molecule has 0 saturated carbocycles. The van der Waals surface area contributed by atoms with Gasteiger partial charge in [-0.25, -0.2) is 22.2 Å². The second kappa shape index (κ2) is 4.68. The van der Waals surface area contributed by atoms with Crippen LogP contribution in [0, 0.1) is 0 Å². The zero-order valence-electron chi connectivity index (χ0n) is 7.75. The first-order valence-electron chi connectivity index (χ1n) is 3.74. The van der Waals surface area contributed by atoms with Crippen LogP contribution in [0.15, 0.2) is 11.2 Å². The SMILES string of the molecule is COc1c(S(=O)(=O)Cl)ncc(Cl)c1C(F)F. The standard InChI is InChI=1S/C7H5Cl2F2NO3S/c1-15-5-4(6(10)11)3(8)2-12-7(5)16(9,13)14/h2,6H,1H3. The maximum Gasteiger partial charge on any atom is 0.282 e. The number of nitrogens with zero attached hydrogens (tertiary/aromatic N) is 1. The van der Waals surface area contributed by atoms with Gasteiger partial charge in [-0.05, 0) is 0 Å². The number of halogens is 4. The fourth-order valence-corrected chi connectivity index (χ4v) is 2.18. The third kappa shape index (κ3) is 2.53. The third-order valence-corrected chi connectivity index (χ3v) is 3.14. The highest BCUT2D eigenvalue weighted by molar-refractivity contribution is 8.13. The van der Waals surface area contributed by atoms with Crippen LogP contribution in [0.3, 0.4) is 0 Å². The average molecular weight is 292 g/mol. The van der Waals surface area contributed by atoms with E-state index in [0.717, 1.165) is 13.3 Å². The second-order valence-corrected chi connectivity index (χ2v) is 5.49. The molecule has 16 heavy (non-hydrogen) atoms. The van der Waals surface area contributed by atoms with Gasteiger partial charge in [0.05, 0.1) is 17.7 Å². The van der Waals surface area contributed by atoms with Gasteiger partial charge < -0.3 is 4.74 Å². The van der Waals surface area contributed by atoms with Crippen molar-refractivity contribution in [3.8, 4) is 5.75 Å². The first kappa shape index (κ1) is 13.4. The number of ether oxygens (including phenoxy) is 1. The molecule has 1 rings (SSSR count). The fourth-order valence-electron chi connectivity index (χ4n) is 1.04. The predicted molar refractivity (Wildman–Crippen MR) is 53.8 cm³/mol. The zero-order valence-corrected chi connectivity index (χ0v) is 10.1. The summed E-state index contributed by atoms with van der Waals surface area (Å²) in [4.78, 5) is 3.35. The van der Waals surface area contributed by atoms with E-state index in [1.165, 1.54) is 0 Å². The summed E-state index contributed by atoms with van der Waals surface area (Å²) >= 11 is 5.46. The van der Waals surface area contributed by atoms with Gasteiger partial charge in [-0.2, -0.15) is 0 Å². The van der Waals surface area contributed by atoms with E-state index in [2.05, 4.69) is 9.72 Å². The molecule has 1 aromatic heterocycles. The number of hydrogen-bond donors (Lipinski definition) is 0. The Labute approximate surface area is 99.6 Å². The lowest BCUT2D eigenvalue weighted by Crippen LogP contribution is -2.04. The number of aromatic nitrogens is 1. The van der Waals surface area contributed by atoms with Crippen LogP contribution in [0.1, 0.15) is 12.0 Å². The van der Waals surface area contributed by atoms with Crippen LogP contribution in [0.4, 0.5) is 8.78 Å². The lowest BCUT2D eigenvalue weighted by Gasteiger charge is -2.11. The molecule has 0 spiro atoms. The maximum atomic E-state index is 12.6.